The Morgan fingerprint density at radius 3 is 2.57 bits per heavy atom. The molecule has 1 aromatic rings. The second kappa shape index (κ2) is 7.41. The van der Waals surface area contributed by atoms with E-state index in [1.165, 1.54) is 44.2 Å². The Morgan fingerprint density at radius 1 is 1.29 bits per heavy atom. The fraction of sp³-hybridized carbons (Fsp3) is 0.824. The van der Waals surface area contributed by atoms with Gasteiger partial charge in [0.05, 0.1) is 11.4 Å². The number of hydrogen-bond donors (Lipinski definition) is 1. The second-order valence-electron chi connectivity index (χ2n) is 6.50. The largest absolute Gasteiger partial charge is 0.329 e. The summed E-state index contributed by atoms with van der Waals surface area (Å²) in [5.41, 5.74) is 8.90. The van der Waals surface area contributed by atoms with Crippen molar-refractivity contribution in [3.8, 4) is 0 Å². The maximum atomic E-state index is 6.23. The molecule has 4 heteroatoms. The highest BCUT2D eigenvalue weighted by atomic mass is 15.3. The Kier molecular flexibility index (Phi) is 5.82. The fourth-order valence-electron chi connectivity index (χ4n) is 3.81. The molecule has 0 saturated heterocycles. The molecule has 4 nitrogen and oxygen atoms in total. The van der Waals surface area contributed by atoms with Crippen LogP contribution in [0.3, 0.4) is 0 Å². The summed E-state index contributed by atoms with van der Waals surface area (Å²) in [4.78, 5) is 2.65. The predicted molar refractivity (Wildman–Crippen MR) is 88.2 cm³/mol. The van der Waals surface area contributed by atoms with Crippen molar-refractivity contribution in [3.05, 3.63) is 17.5 Å². The molecule has 0 aliphatic heterocycles. The van der Waals surface area contributed by atoms with Gasteiger partial charge in [-0.05, 0) is 45.7 Å². The molecule has 21 heavy (non-hydrogen) atoms. The highest BCUT2D eigenvalue weighted by molar-refractivity contribution is 5.10. The molecule has 0 radical (unpaired) electrons. The lowest BCUT2D eigenvalue weighted by atomic mass is 9.80. The van der Waals surface area contributed by atoms with Crippen LogP contribution in [0.1, 0.15) is 63.8 Å². The maximum Gasteiger partial charge on any atom is 0.0597 e. The van der Waals surface area contributed by atoms with E-state index in [0.717, 1.165) is 31.9 Å². The SMILES string of the molecule is CCCN(Cc1cc(C)nn1CC)C1(CN)CCCCC1. The first-order valence-corrected chi connectivity index (χ1v) is 8.63. The van der Waals surface area contributed by atoms with E-state index in [4.69, 9.17) is 5.73 Å². The zero-order valence-electron chi connectivity index (χ0n) is 14.1. The fourth-order valence-corrected chi connectivity index (χ4v) is 3.81. The number of nitrogens with zero attached hydrogens (tertiary/aromatic N) is 3. The molecule has 0 amide bonds. The zero-order chi connectivity index (χ0) is 15.3. The molecule has 0 aromatic carbocycles. The lowest BCUT2D eigenvalue weighted by Gasteiger charge is -2.46. The molecule has 1 fully saturated rings. The van der Waals surface area contributed by atoms with Crippen LogP contribution in [0.4, 0.5) is 0 Å². The Labute approximate surface area is 129 Å². The Hall–Kier alpha value is -0.870. The van der Waals surface area contributed by atoms with Gasteiger partial charge in [0.2, 0.25) is 0 Å². The van der Waals surface area contributed by atoms with E-state index in [9.17, 15) is 0 Å². The van der Waals surface area contributed by atoms with E-state index >= 15 is 0 Å². The van der Waals surface area contributed by atoms with Gasteiger partial charge in [-0.15, -0.1) is 0 Å². The Balaban J connectivity index is 2.21. The molecule has 2 rings (SSSR count). The van der Waals surface area contributed by atoms with E-state index in [0.29, 0.717) is 0 Å². The van der Waals surface area contributed by atoms with Crippen molar-refractivity contribution in [1.82, 2.24) is 14.7 Å². The number of rotatable bonds is 7. The minimum absolute atomic E-state index is 0.213. The molecule has 0 atom stereocenters. The van der Waals surface area contributed by atoms with Crippen LogP contribution >= 0.6 is 0 Å². The van der Waals surface area contributed by atoms with Crippen molar-refractivity contribution in [2.45, 2.75) is 77.9 Å². The monoisotopic (exact) mass is 292 g/mol. The van der Waals surface area contributed by atoms with Gasteiger partial charge in [-0.25, -0.2) is 0 Å². The number of aryl methyl sites for hydroxylation is 2. The van der Waals surface area contributed by atoms with Gasteiger partial charge >= 0.3 is 0 Å². The van der Waals surface area contributed by atoms with Crippen LogP contribution in [0.15, 0.2) is 6.07 Å². The quantitative estimate of drug-likeness (QED) is 0.840. The van der Waals surface area contributed by atoms with Crippen LogP contribution in [-0.2, 0) is 13.1 Å². The normalized spacial score (nSPS) is 18.3. The van der Waals surface area contributed by atoms with Gasteiger partial charge in [0.1, 0.15) is 0 Å². The highest BCUT2D eigenvalue weighted by Gasteiger charge is 2.36. The molecular formula is C17H32N4. The van der Waals surface area contributed by atoms with Crippen LogP contribution in [0.5, 0.6) is 0 Å². The first-order valence-electron chi connectivity index (χ1n) is 8.63. The average Bonchev–Trinajstić information content (AvgIpc) is 2.87. The third-order valence-electron chi connectivity index (χ3n) is 4.97. The van der Waals surface area contributed by atoms with Crippen LogP contribution < -0.4 is 5.73 Å². The summed E-state index contributed by atoms with van der Waals surface area (Å²) in [6, 6.07) is 2.24. The zero-order valence-corrected chi connectivity index (χ0v) is 14.1. The first-order chi connectivity index (χ1) is 10.1. The smallest absolute Gasteiger partial charge is 0.0597 e. The van der Waals surface area contributed by atoms with E-state index in [2.05, 4.69) is 41.5 Å². The van der Waals surface area contributed by atoms with Crippen molar-refractivity contribution in [3.63, 3.8) is 0 Å². The van der Waals surface area contributed by atoms with Crippen LogP contribution in [0.2, 0.25) is 0 Å². The molecular weight excluding hydrogens is 260 g/mol. The Bertz CT molecular complexity index is 432. The van der Waals surface area contributed by atoms with Gasteiger partial charge in [-0.3, -0.25) is 9.58 Å². The van der Waals surface area contributed by atoms with Gasteiger partial charge < -0.3 is 5.73 Å². The van der Waals surface area contributed by atoms with Crippen molar-refractivity contribution < 1.29 is 0 Å². The van der Waals surface area contributed by atoms with Gasteiger partial charge in [-0.2, -0.15) is 5.10 Å². The van der Waals surface area contributed by atoms with Gasteiger partial charge in [0.15, 0.2) is 0 Å². The van der Waals surface area contributed by atoms with Gasteiger partial charge in [0, 0.05) is 25.2 Å². The molecule has 2 N–H and O–H groups in total. The van der Waals surface area contributed by atoms with Crippen molar-refractivity contribution >= 4 is 0 Å². The van der Waals surface area contributed by atoms with E-state index < -0.39 is 0 Å². The summed E-state index contributed by atoms with van der Waals surface area (Å²) in [6.45, 7) is 10.4. The summed E-state index contributed by atoms with van der Waals surface area (Å²) in [6.07, 6.45) is 7.70. The maximum absolute atomic E-state index is 6.23. The number of aromatic nitrogens is 2. The third-order valence-corrected chi connectivity index (χ3v) is 4.97. The van der Waals surface area contributed by atoms with E-state index in [-0.39, 0.29) is 5.54 Å². The van der Waals surface area contributed by atoms with Gasteiger partial charge in [-0.1, -0.05) is 26.2 Å². The summed E-state index contributed by atoms with van der Waals surface area (Å²) < 4.78 is 2.14. The highest BCUT2D eigenvalue weighted by Crippen LogP contribution is 2.34. The third kappa shape index (κ3) is 3.67. The van der Waals surface area contributed by atoms with Gasteiger partial charge in [0.25, 0.3) is 0 Å². The molecule has 120 valence electrons. The average molecular weight is 292 g/mol. The molecule has 1 aliphatic carbocycles. The first kappa shape index (κ1) is 16.5. The summed E-state index contributed by atoms with van der Waals surface area (Å²) >= 11 is 0. The van der Waals surface area contributed by atoms with Crippen molar-refractivity contribution in [2.24, 2.45) is 5.73 Å². The molecule has 1 aliphatic rings. The number of hydrogen-bond acceptors (Lipinski definition) is 3. The Morgan fingerprint density at radius 2 is 2.00 bits per heavy atom. The van der Waals surface area contributed by atoms with E-state index in [1.54, 1.807) is 0 Å². The molecule has 1 heterocycles. The van der Waals surface area contributed by atoms with Crippen molar-refractivity contribution in [1.29, 1.82) is 0 Å². The second-order valence-corrected chi connectivity index (χ2v) is 6.50. The van der Waals surface area contributed by atoms with Crippen molar-refractivity contribution in [2.75, 3.05) is 13.1 Å². The topological polar surface area (TPSA) is 47.1 Å². The minimum atomic E-state index is 0.213. The standard InChI is InChI=1S/C17H32N4/c1-4-11-20(17(14-18)9-7-6-8-10-17)13-16-12-15(3)19-21(16)5-2/h12H,4-11,13-14,18H2,1-3H3. The molecule has 1 aromatic heterocycles. The molecule has 0 bridgehead atoms. The van der Waals surface area contributed by atoms with E-state index in [1.807, 2.05) is 0 Å². The number of nitrogens with two attached hydrogens (primary N) is 1. The lowest BCUT2D eigenvalue weighted by Crippen LogP contribution is -2.55. The summed E-state index contributed by atoms with van der Waals surface area (Å²) in [5.74, 6) is 0. The van der Waals surface area contributed by atoms with Crippen LogP contribution in [0, 0.1) is 6.92 Å². The molecule has 1 saturated carbocycles. The summed E-state index contributed by atoms with van der Waals surface area (Å²) in [5, 5.41) is 4.59. The molecule has 0 unspecified atom stereocenters. The predicted octanol–water partition coefficient (Wildman–Crippen LogP) is 3.09. The lowest BCUT2D eigenvalue weighted by molar-refractivity contribution is 0.0472. The molecule has 0 spiro atoms. The minimum Gasteiger partial charge on any atom is -0.329 e. The van der Waals surface area contributed by atoms with Crippen LogP contribution in [0.25, 0.3) is 0 Å². The van der Waals surface area contributed by atoms with Crippen LogP contribution in [-0.4, -0.2) is 33.3 Å². The summed E-state index contributed by atoms with van der Waals surface area (Å²) in [7, 11) is 0.